The maximum absolute atomic E-state index is 12.2. The van der Waals surface area contributed by atoms with Crippen LogP contribution in [0, 0.1) is 6.92 Å². The van der Waals surface area contributed by atoms with Gasteiger partial charge in [-0.05, 0) is 43.2 Å². The van der Waals surface area contributed by atoms with Crippen LogP contribution in [-0.4, -0.2) is 58.4 Å². The summed E-state index contributed by atoms with van der Waals surface area (Å²) in [6.45, 7) is 5.87. The summed E-state index contributed by atoms with van der Waals surface area (Å²) in [5.41, 5.74) is 4.81. The Balaban J connectivity index is 1.58. The van der Waals surface area contributed by atoms with Crippen molar-refractivity contribution in [1.82, 2.24) is 14.3 Å². The standard InChI is InChI=1S/C25H26Cl2N4O3/c1-15-5-7-31-21(13-18-14-29(16(2)32)8-9-34-18)25(28-22(31)10-15)24-19(26)11-17(12-20(24)27)30-6-3-4-23(30)33/h5,7,10-12,18H,3-4,6,8-9,13-14H2,1-2H3. The topological polar surface area (TPSA) is 67.2 Å². The number of aromatic nitrogens is 2. The molecule has 7 nitrogen and oxygen atoms in total. The first-order valence-corrected chi connectivity index (χ1v) is 12.2. The molecule has 0 radical (unpaired) electrons. The van der Waals surface area contributed by atoms with E-state index in [0.717, 1.165) is 23.3 Å². The summed E-state index contributed by atoms with van der Waals surface area (Å²) in [7, 11) is 0. The Labute approximate surface area is 208 Å². The van der Waals surface area contributed by atoms with Gasteiger partial charge in [0.25, 0.3) is 0 Å². The van der Waals surface area contributed by atoms with Crippen molar-refractivity contribution in [3.05, 3.63) is 51.8 Å². The zero-order valence-corrected chi connectivity index (χ0v) is 20.7. The summed E-state index contributed by atoms with van der Waals surface area (Å²) >= 11 is 13.6. The third kappa shape index (κ3) is 4.28. The number of carbonyl (C=O) groups is 2. The Bertz CT molecular complexity index is 1270. The van der Waals surface area contributed by atoms with E-state index in [1.807, 2.05) is 34.6 Å². The van der Waals surface area contributed by atoms with Crippen LogP contribution >= 0.6 is 23.2 Å². The molecule has 0 N–H and O–H groups in total. The first kappa shape index (κ1) is 23.1. The van der Waals surface area contributed by atoms with Gasteiger partial charge >= 0.3 is 0 Å². The molecule has 3 aromatic rings. The zero-order valence-electron chi connectivity index (χ0n) is 19.2. The van der Waals surface area contributed by atoms with Crippen molar-refractivity contribution in [3.63, 3.8) is 0 Å². The van der Waals surface area contributed by atoms with E-state index in [4.69, 9.17) is 32.9 Å². The van der Waals surface area contributed by atoms with Gasteiger partial charge in [-0.3, -0.25) is 9.59 Å². The number of halogens is 2. The van der Waals surface area contributed by atoms with E-state index in [2.05, 4.69) is 0 Å². The fraction of sp³-hybridized carbons (Fsp3) is 0.400. The van der Waals surface area contributed by atoms with Crippen molar-refractivity contribution in [2.75, 3.05) is 31.1 Å². The van der Waals surface area contributed by atoms with Crippen molar-refractivity contribution in [2.24, 2.45) is 0 Å². The summed E-state index contributed by atoms with van der Waals surface area (Å²) in [6, 6.07) is 7.62. The van der Waals surface area contributed by atoms with Crippen molar-refractivity contribution < 1.29 is 14.3 Å². The van der Waals surface area contributed by atoms with Crippen LogP contribution < -0.4 is 4.90 Å². The molecule has 4 heterocycles. The molecular formula is C25H26Cl2N4O3. The number of pyridine rings is 1. The molecule has 2 aliphatic rings. The maximum atomic E-state index is 12.2. The Morgan fingerprint density at radius 1 is 1.21 bits per heavy atom. The smallest absolute Gasteiger partial charge is 0.227 e. The maximum Gasteiger partial charge on any atom is 0.227 e. The lowest BCUT2D eigenvalue weighted by Gasteiger charge is -2.32. The van der Waals surface area contributed by atoms with Crippen molar-refractivity contribution in [1.29, 1.82) is 0 Å². The number of amides is 2. The molecule has 2 aliphatic heterocycles. The van der Waals surface area contributed by atoms with Gasteiger partial charge in [0.1, 0.15) is 5.65 Å². The average Bonchev–Trinajstić information content (AvgIpc) is 3.37. The van der Waals surface area contributed by atoms with E-state index in [-0.39, 0.29) is 17.9 Å². The van der Waals surface area contributed by atoms with Crippen LogP contribution in [0.15, 0.2) is 30.5 Å². The molecule has 1 aromatic carbocycles. The highest BCUT2D eigenvalue weighted by molar-refractivity contribution is 6.39. The van der Waals surface area contributed by atoms with Crippen molar-refractivity contribution >= 4 is 46.4 Å². The quantitative estimate of drug-likeness (QED) is 0.527. The van der Waals surface area contributed by atoms with Crippen LogP contribution in [0.25, 0.3) is 16.9 Å². The second-order valence-corrected chi connectivity index (χ2v) is 9.75. The van der Waals surface area contributed by atoms with E-state index in [9.17, 15) is 9.59 Å². The molecule has 0 spiro atoms. The second-order valence-electron chi connectivity index (χ2n) is 8.93. The highest BCUT2D eigenvalue weighted by atomic mass is 35.5. The van der Waals surface area contributed by atoms with E-state index in [1.54, 1.807) is 24.0 Å². The molecule has 0 saturated carbocycles. The second kappa shape index (κ2) is 9.21. The van der Waals surface area contributed by atoms with E-state index in [0.29, 0.717) is 66.1 Å². The van der Waals surface area contributed by atoms with E-state index >= 15 is 0 Å². The number of aryl methyl sites for hydroxylation is 1. The molecule has 178 valence electrons. The van der Waals surface area contributed by atoms with Gasteiger partial charge < -0.3 is 18.9 Å². The van der Waals surface area contributed by atoms with Crippen LogP contribution in [0.5, 0.6) is 0 Å². The minimum absolute atomic E-state index is 0.0421. The van der Waals surface area contributed by atoms with E-state index in [1.165, 1.54) is 0 Å². The number of rotatable bonds is 4. The predicted octanol–water partition coefficient (Wildman–Crippen LogP) is 4.53. The van der Waals surface area contributed by atoms with Gasteiger partial charge in [0.05, 0.1) is 34.1 Å². The third-order valence-electron chi connectivity index (χ3n) is 6.53. The third-order valence-corrected chi connectivity index (χ3v) is 7.13. The van der Waals surface area contributed by atoms with Gasteiger partial charge in [-0.1, -0.05) is 23.2 Å². The van der Waals surface area contributed by atoms with Crippen molar-refractivity contribution in [3.8, 4) is 11.3 Å². The summed E-state index contributed by atoms with van der Waals surface area (Å²) in [5.74, 6) is 0.119. The molecule has 5 rings (SSSR count). The van der Waals surface area contributed by atoms with Gasteiger partial charge in [-0.15, -0.1) is 0 Å². The largest absolute Gasteiger partial charge is 0.374 e. The minimum Gasteiger partial charge on any atom is -0.374 e. The predicted molar refractivity (Wildman–Crippen MR) is 133 cm³/mol. The first-order chi connectivity index (χ1) is 16.3. The van der Waals surface area contributed by atoms with E-state index < -0.39 is 0 Å². The molecule has 2 amide bonds. The molecule has 2 fully saturated rings. The number of imidazole rings is 1. The number of carbonyl (C=O) groups excluding carboxylic acids is 2. The summed E-state index contributed by atoms with van der Waals surface area (Å²) in [5, 5.41) is 0.886. The van der Waals surface area contributed by atoms with Crippen LogP contribution in [-0.2, 0) is 20.7 Å². The van der Waals surface area contributed by atoms with Gasteiger partial charge in [0, 0.05) is 56.8 Å². The molecule has 1 unspecified atom stereocenters. The molecule has 2 saturated heterocycles. The van der Waals surface area contributed by atoms with Crippen molar-refractivity contribution in [2.45, 2.75) is 39.2 Å². The number of nitrogens with zero attached hydrogens (tertiary/aromatic N) is 4. The summed E-state index contributed by atoms with van der Waals surface area (Å²) in [6.07, 6.45) is 3.72. The molecule has 0 aliphatic carbocycles. The molecule has 2 aromatic heterocycles. The Morgan fingerprint density at radius 3 is 2.65 bits per heavy atom. The lowest BCUT2D eigenvalue weighted by molar-refractivity contribution is -0.136. The van der Waals surface area contributed by atoms with Crippen LogP contribution in [0.4, 0.5) is 5.69 Å². The molecule has 34 heavy (non-hydrogen) atoms. The van der Waals surface area contributed by atoms with Crippen LogP contribution in [0.1, 0.15) is 31.0 Å². The lowest BCUT2D eigenvalue weighted by Crippen LogP contribution is -2.45. The zero-order chi connectivity index (χ0) is 24.0. The summed E-state index contributed by atoms with van der Waals surface area (Å²) in [4.78, 5) is 32.6. The Hall–Kier alpha value is -2.61. The van der Waals surface area contributed by atoms with Crippen LogP contribution in [0.3, 0.4) is 0 Å². The van der Waals surface area contributed by atoms with Gasteiger partial charge in [0.2, 0.25) is 11.8 Å². The number of fused-ring (bicyclic) bond motifs is 1. The molecule has 1 atom stereocenters. The van der Waals surface area contributed by atoms with Gasteiger partial charge in [-0.25, -0.2) is 4.98 Å². The number of hydrogen-bond donors (Lipinski definition) is 0. The number of benzene rings is 1. The summed E-state index contributed by atoms with van der Waals surface area (Å²) < 4.78 is 8.04. The highest BCUT2D eigenvalue weighted by Gasteiger charge is 2.28. The number of anilines is 1. The fourth-order valence-electron chi connectivity index (χ4n) is 4.80. The lowest BCUT2D eigenvalue weighted by atomic mass is 10.0. The monoisotopic (exact) mass is 500 g/mol. The van der Waals surface area contributed by atoms with Crippen LogP contribution in [0.2, 0.25) is 10.0 Å². The average molecular weight is 501 g/mol. The Kier molecular flexibility index (Phi) is 6.27. The number of morpholine rings is 1. The minimum atomic E-state index is -0.170. The number of ether oxygens (including phenoxy) is 1. The Morgan fingerprint density at radius 2 is 1.97 bits per heavy atom. The first-order valence-electron chi connectivity index (χ1n) is 11.5. The highest BCUT2D eigenvalue weighted by Crippen LogP contribution is 2.41. The molecule has 0 bridgehead atoms. The van der Waals surface area contributed by atoms with Gasteiger partial charge in [0.15, 0.2) is 0 Å². The molecular weight excluding hydrogens is 475 g/mol. The molecule has 9 heteroatoms. The fourth-order valence-corrected chi connectivity index (χ4v) is 5.45. The van der Waals surface area contributed by atoms with Gasteiger partial charge in [-0.2, -0.15) is 0 Å². The number of hydrogen-bond acceptors (Lipinski definition) is 4. The normalized spacial score (nSPS) is 18.8. The SMILES string of the molecule is CC(=O)N1CCOC(Cc2c(-c3c(Cl)cc(N4CCCC4=O)cc3Cl)nc3cc(C)ccn23)C1.